The molecule has 2 aromatic heterocycles. The Bertz CT molecular complexity index is 531. The van der Waals surface area contributed by atoms with Gasteiger partial charge in [-0.25, -0.2) is 4.98 Å². The van der Waals surface area contributed by atoms with E-state index in [-0.39, 0.29) is 0 Å². The summed E-state index contributed by atoms with van der Waals surface area (Å²) in [5.74, 6) is 1.37. The van der Waals surface area contributed by atoms with E-state index >= 15 is 0 Å². The van der Waals surface area contributed by atoms with Gasteiger partial charge in [-0.1, -0.05) is 0 Å². The van der Waals surface area contributed by atoms with Crippen molar-refractivity contribution in [3.63, 3.8) is 0 Å². The van der Waals surface area contributed by atoms with Crippen LogP contribution in [0.15, 0.2) is 11.4 Å². The number of rotatable bonds is 4. The minimum absolute atomic E-state index is 0.386. The van der Waals surface area contributed by atoms with E-state index in [0.29, 0.717) is 33.9 Å². The summed E-state index contributed by atoms with van der Waals surface area (Å²) in [6, 6.07) is 1.67. The summed E-state index contributed by atoms with van der Waals surface area (Å²) >= 11 is 1.34. The van der Waals surface area contributed by atoms with E-state index in [1.165, 1.54) is 25.6 Å². The highest BCUT2D eigenvalue weighted by Crippen LogP contribution is 2.39. The largest absolute Gasteiger partial charge is 0.496 e. The first-order chi connectivity index (χ1) is 8.69. The van der Waals surface area contributed by atoms with Crippen LogP contribution in [0.2, 0.25) is 0 Å². The molecule has 96 valence electrons. The number of anilines is 1. The van der Waals surface area contributed by atoms with Crippen molar-refractivity contribution in [3.8, 4) is 28.8 Å². The molecule has 0 atom stereocenters. The fraction of sp³-hybridized carbons (Fsp3) is 0.273. The van der Waals surface area contributed by atoms with Crippen LogP contribution in [0.3, 0.4) is 0 Å². The lowest BCUT2D eigenvalue weighted by Crippen LogP contribution is -1.99. The molecule has 0 bridgehead atoms. The van der Waals surface area contributed by atoms with E-state index in [2.05, 4.69) is 9.97 Å². The molecule has 2 N–H and O–H groups in total. The zero-order chi connectivity index (χ0) is 13.1. The van der Waals surface area contributed by atoms with Gasteiger partial charge in [0, 0.05) is 11.4 Å². The Hall–Kier alpha value is -2.02. The topological polar surface area (TPSA) is 79.5 Å². The molecule has 0 aliphatic heterocycles. The molecule has 0 saturated carbocycles. The zero-order valence-corrected chi connectivity index (χ0v) is 11.1. The lowest BCUT2D eigenvalue weighted by atomic mass is 10.2. The second-order valence-electron chi connectivity index (χ2n) is 3.32. The molecule has 0 aromatic carbocycles. The highest BCUT2D eigenvalue weighted by molar-refractivity contribution is 7.13. The average molecular weight is 267 g/mol. The van der Waals surface area contributed by atoms with Crippen LogP contribution in [0.5, 0.6) is 17.5 Å². The molecule has 0 aliphatic carbocycles. The van der Waals surface area contributed by atoms with Crippen molar-refractivity contribution in [1.82, 2.24) is 9.97 Å². The summed E-state index contributed by atoms with van der Waals surface area (Å²) in [5, 5.41) is 2.30. The van der Waals surface area contributed by atoms with Crippen LogP contribution in [-0.4, -0.2) is 31.3 Å². The summed E-state index contributed by atoms with van der Waals surface area (Å²) in [4.78, 5) is 8.41. The minimum atomic E-state index is 0.386. The normalized spacial score (nSPS) is 10.2. The number of thiazole rings is 1. The molecule has 0 unspecified atom stereocenters. The molecule has 0 aliphatic rings. The van der Waals surface area contributed by atoms with Crippen LogP contribution in [-0.2, 0) is 0 Å². The molecule has 0 radical (unpaired) electrons. The summed E-state index contributed by atoms with van der Waals surface area (Å²) in [7, 11) is 4.62. The highest BCUT2D eigenvalue weighted by atomic mass is 32.1. The molecule has 2 aromatic rings. The first-order valence-electron chi connectivity index (χ1n) is 5.08. The first-order valence-corrected chi connectivity index (χ1v) is 5.96. The Labute approximate surface area is 108 Å². The van der Waals surface area contributed by atoms with E-state index in [4.69, 9.17) is 19.9 Å². The molecule has 7 heteroatoms. The summed E-state index contributed by atoms with van der Waals surface area (Å²) < 4.78 is 15.6. The van der Waals surface area contributed by atoms with Crippen LogP contribution >= 0.6 is 11.3 Å². The number of nitrogens with two attached hydrogens (primary N) is 1. The van der Waals surface area contributed by atoms with Crippen molar-refractivity contribution in [2.24, 2.45) is 0 Å². The van der Waals surface area contributed by atoms with Gasteiger partial charge >= 0.3 is 0 Å². The van der Waals surface area contributed by atoms with E-state index in [1.54, 1.807) is 13.2 Å². The second-order valence-corrected chi connectivity index (χ2v) is 4.21. The van der Waals surface area contributed by atoms with Crippen molar-refractivity contribution in [2.45, 2.75) is 0 Å². The Morgan fingerprint density at radius 1 is 1.11 bits per heavy atom. The lowest BCUT2D eigenvalue weighted by Gasteiger charge is -2.12. The maximum absolute atomic E-state index is 5.64. The van der Waals surface area contributed by atoms with Crippen LogP contribution in [0.25, 0.3) is 11.3 Å². The van der Waals surface area contributed by atoms with Gasteiger partial charge in [-0.15, -0.1) is 11.3 Å². The average Bonchev–Trinajstić information content (AvgIpc) is 2.83. The standard InChI is InChI=1S/C11H13N3O3S/c1-15-7-4-8(16-2)14-10(17-3)9(7)6-5-18-11(12)13-6/h4-5H,1-3H3,(H2,12,13). The second kappa shape index (κ2) is 5.09. The molecule has 0 spiro atoms. The molecule has 18 heavy (non-hydrogen) atoms. The summed E-state index contributed by atoms with van der Waals surface area (Å²) in [5.41, 5.74) is 6.96. The van der Waals surface area contributed by atoms with Gasteiger partial charge in [0.15, 0.2) is 5.13 Å². The van der Waals surface area contributed by atoms with Crippen molar-refractivity contribution >= 4 is 16.5 Å². The van der Waals surface area contributed by atoms with Gasteiger partial charge in [-0.3, -0.25) is 0 Å². The Morgan fingerprint density at radius 3 is 2.39 bits per heavy atom. The quantitative estimate of drug-likeness (QED) is 0.910. The number of nitrogen functional groups attached to an aromatic ring is 1. The Balaban J connectivity index is 2.63. The van der Waals surface area contributed by atoms with Crippen molar-refractivity contribution in [1.29, 1.82) is 0 Å². The number of hydrogen-bond acceptors (Lipinski definition) is 7. The van der Waals surface area contributed by atoms with Crippen LogP contribution < -0.4 is 19.9 Å². The van der Waals surface area contributed by atoms with Gasteiger partial charge in [0.2, 0.25) is 11.8 Å². The van der Waals surface area contributed by atoms with Gasteiger partial charge < -0.3 is 19.9 Å². The SMILES string of the molecule is COc1cc(OC)c(-c2csc(N)n2)c(OC)n1. The van der Waals surface area contributed by atoms with Gasteiger partial charge in [0.1, 0.15) is 11.3 Å². The number of ether oxygens (including phenoxy) is 3. The van der Waals surface area contributed by atoms with Crippen LogP contribution in [0, 0.1) is 0 Å². The molecule has 6 nitrogen and oxygen atoms in total. The van der Waals surface area contributed by atoms with Crippen LogP contribution in [0.1, 0.15) is 0 Å². The van der Waals surface area contributed by atoms with Crippen molar-refractivity contribution < 1.29 is 14.2 Å². The highest BCUT2D eigenvalue weighted by Gasteiger charge is 2.18. The van der Waals surface area contributed by atoms with E-state index < -0.39 is 0 Å². The third kappa shape index (κ3) is 2.17. The van der Waals surface area contributed by atoms with Gasteiger partial charge in [-0.2, -0.15) is 4.98 Å². The van der Waals surface area contributed by atoms with E-state index in [9.17, 15) is 0 Å². The van der Waals surface area contributed by atoms with E-state index in [1.807, 2.05) is 5.38 Å². The fourth-order valence-corrected chi connectivity index (χ4v) is 2.08. The number of pyridine rings is 1. The summed E-state index contributed by atoms with van der Waals surface area (Å²) in [6.45, 7) is 0. The Morgan fingerprint density at radius 2 is 1.89 bits per heavy atom. The predicted octanol–water partition coefficient (Wildman–Crippen LogP) is 1.81. The van der Waals surface area contributed by atoms with Gasteiger partial charge in [0.05, 0.1) is 27.0 Å². The van der Waals surface area contributed by atoms with Crippen molar-refractivity contribution in [2.75, 3.05) is 27.1 Å². The number of methoxy groups -OCH3 is 3. The van der Waals surface area contributed by atoms with Gasteiger partial charge in [-0.05, 0) is 0 Å². The maximum Gasteiger partial charge on any atom is 0.229 e. The third-order valence-electron chi connectivity index (χ3n) is 2.33. The van der Waals surface area contributed by atoms with E-state index in [0.717, 1.165) is 0 Å². The molecule has 2 heterocycles. The molecule has 2 rings (SSSR count). The molecular formula is C11H13N3O3S. The lowest BCUT2D eigenvalue weighted by molar-refractivity contribution is 0.353. The maximum atomic E-state index is 5.64. The zero-order valence-electron chi connectivity index (χ0n) is 10.3. The first kappa shape index (κ1) is 12.4. The predicted molar refractivity (Wildman–Crippen MR) is 69.4 cm³/mol. The fourth-order valence-electron chi connectivity index (χ4n) is 1.53. The third-order valence-corrected chi connectivity index (χ3v) is 3.00. The molecule has 0 amide bonds. The van der Waals surface area contributed by atoms with Crippen LogP contribution in [0.4, 0.5) is 5.13 Å². The monoisotopic (exact) mass is 267 g/mol. The number of nitrogens with zero attached hydrogens (tertiary/aromatic N) is 2. The molecule has 0 saturated heterocycles. The van der Waals surface area contributed by atoms with Gasteiger partial charge in [0.25, 0.3) is 0 Å². The van der Waals surface area contributed by atoms with Crippen molar-refractivity contribution in [3.05, 3.63) is 11.4 Å². The minimum Gasteiger partial charge on any atom is -0.496 e. The summed E-state index contributed by atoms with van der Waals surface area (Å²) in [6.07, 6.45) is 0. The molecule has 0 fully saturated rings. The molecular weight excluding hydrogens is 254 g/mol. The Kier molecular flexibility index (Phi) is 3.52. The number of hydrogen-bond donors (Lipinski definition) is 1. The smallest absolute Gasteiger partial charge is 0.229 e. The number of aromatic nitrogens is 2.